The molecule has 0 unspecified atom stereocenters. The van der Waals surface area contributed by atoms with Crippen molar-refractivity contribution in [3.05, 3.63) is 53.3 Å². The van der Waals surface area contributed by atoms with Crippen LogP contribution in [0, 0.1) is 0 Å². The molecule has 1 aliphatic rings. The molecule has 0 bridgehead atoms. The van der Waals surface area contributed by atoms with Crippen LogP contribution >= 0.6 is 0 Å². The van der Waals surface area contributed by atoms with E-state index in [0.29, 0.717) is 6.42 Å². The predicted molar refractivity (Wildman–Crippen MR) is 70.4 cm³/mol. The highest BCUT2D eigenvalue weighted by Gasteiger charge is 2.35. The third-order valence-electron chi connectivity index (χ3n) is 3.70. The second-order valence-corrected chi connectivity index (χ2v) is 5.23. The molecule has 0 amide bonds. The van der Waals surface area contributed by atoms with Crippen molar-refractivity contribution >= 4 is 0 Å². The topological polar surface area (TPSA) is 38.0 Å². The van der Waals surface area contributed by atoms with Gasteiger partial charge < -0.3 is 5.11 Å². The van der Waals surface area contributed by atoms with Gasteiger partial charge in [0.25, 0.3) is 0 Å². The molecule has 3 rings (SSSR count). The van der Waals surface area contributed by atoms with E-state index in [1.165, 1.54) is 11.1 Å². The van der Waals surface area contributed by atoms with Gasteiger partial charge in [0.15, 0.2) is 0 Å². The first-order valence-corrected chi connectivity index (χ1v) is 6.49. The van der Waals surface area contributed by atoms with Crippen molar-refractivity contribution in [2.24, 2.45) is 0 Å². The van der Waals surface area contributed by atoms with Gasteiger partial charge >= 0.3 is 0 Å². The molecule has 0 atom stereocenters. The maximum absolute atomic E-state index is 10.7. The summed E-state index contributed by atoms with van der Waals surface area (Å²) in [5, 5.41) is 15.0. The fraction of sp³-hybridized carbons (Fsp3) is 0.400. The fourth-order valence-corrected chi connectivity index (χ4v) is 2.85. The van der Waals surface area contributed by atoms with Crippen molar-refractivity contribution in [1.82, 2.24) is 9.78 Å². The van der Waals surface area contributed by atoms with E-state index in [2.05, 4.69) is 24.2 Å². The van der Waals surface area contributed by atoms with Crippen LogP contribution in [0.5, 0.6) is 0 Å². The highest BCUT2D eigenvalue weighted by Crippen LogP contribution is 2.32. The zero-order valence-corrected chi connectivity index (χ0v) is 10.6. The first kappa shape index (κ1) is 11.5. The zero-order valence-electron chi connectivity index (χ0n) is 10.6. The van der Waals surface area contributed by atoms with Crippen molar-refractivity contribution < 1.29 is 5.11 Å². The molecular weight excluding hydrogens is 224 g/mol. The number of hydrogen-bond donors (Lipinski definition) is 1. The summed E-state index contributed by atoms with van der Waals surface area (Å²) in [6.07, 6.45) is 6.08. The number of benzene rings is 1. The van der Waals surface area contributed by atoms with Gasteiger partial charge in [-0.3, -0.25) is 4.68 Å². The molecule has 0 spiro atoms. The fourth-order valence-electron chi connectivity index (χ4n) is 2.85. The maximum Gasteiger partial charge on any atom is 0.0769 e. The number of aryl methyl sites for hydroxylation is 1. The first-order valence-electron chi connectivity index (χ1n) is 6.49. The smallest absolute Gasteiger partial charge is 0.0769 e. The van der Waals surface area contributed by atoms with Crippen LogP contribution in [0.1, 0.15) is 23.6 Å². The molecule has 0 radical (unpaired) electrons. The lowest BCUT2D eigenvalue weighted by Crippen LogP contribution is -2.31. The van der Waals surface area contributed by atoms with E-state index >= 15 is 0 Å². The molecule has 1 N–H and O–H groups in total. The first-order chi connectivity index (χ1) is 8.68. The summed E-state index contributed by atoms with van der Waals surface area (Å²) in [5.41, 5.74) is 3.04. The van der Waals surface area contributed by atoms with Crippen molar-refractivity contribution in [3.63, 3.8) is 0 Å². The van der Waals surface area contributed by atoms with Gasteiger partial charge in [-0.25, -0.2) is 0 Å². The molecule has 1 aromatic carbocycles. The van der Waals surface area contributed by atoms with E-state index < -0.39 is 5.60 Å². The monoisotopic (exact) mass is 242 g/mol. The summed E-state index contributed by atoms with van der Waals surface area (Å²) < 4.78 is 1.90. The Balaban J connectivity index is 1.78. The lowest BCUT2D eigenvalue weighted by Gasteiger charge is -2.21. The van der Waals surface area contributed by atoms with E-state index in [0.717, 1.165) is 24.9 Å². The molecule has 18 heavy (non-hydrogen) atoms. The Labute approximate surface area is 107 Å². The van der Waals surface area contributed by atoms with Crippen LogP contribution in [0.2, 0.25) is 0 Å². The minimum atomic E-state index is -0.634. The highest BCUT2D eigenvalue weighted by molar-refractivity contribution is 5.36. The largest absolute Gasteiger partial charge is 0.389 e. The Morgan fingerprint density at radius 2 is 1.94 bits per heavy atom. The van der Waals surface area contributed by atoms with Gasteiger partial charge in [-0.15, -0.1) is 0 Å². The number of aromatic nitrogens is 2. The predicted octanol–water partition coefficient (Wildman–Crippen LogP) is 1.98. The summed E-state index contributed by atoms with van der Waals surface area (Å²) in [7, 11) is 0. The van der Waals surface area contributed by atoms with Crippen molar-refractivity contribution in [3.8, 4) is 0 Å². The molecule has 0 aliphatic heterocycles. The maximum atomic E-state index is 10.7. The average molecular weight is 242 g/mol. The number of rotatable bonds is 3. The van der Waals surface area contributed by atoms with Crippen LogP contribution in [-0.4, -0.2) is 20.5 Å². The van der Waals surface area contributed by atoms with Gasteiger partial charge in [0, 0.05) is 32.0 Å². The van der Waals surface area contributed by atoms with Crippen LogP contribution in [0.4, 0.5) is 0 Å². The molecule has 1 aromatic heterocycles. The summed E-state index contributed by atoms with van der Waals surface area (Å²) in [6, 6.07) is 8.31. The van der Waals surface area contributed by atoms with E-state index in [1.807, 2.05) is 29.2 Å². The summed E-state index contributed by atoms with van der Waals surface area (Å²) in [5.74, 6) is 0. The minimum Gasteiger partial charge on any atom is -0.389 e. The summed E-state index contributed by atoms with van der Waals surface area (Å²) in [6.45, 7) is 2.94. The van der Waals surface area contributed by atoms with Gasteiger partial charge in [0.1, 0.15) is 0 Å². The molecule has 1 heterocycles. The van der Waals surface area contributed by atoms with Gasteiger partial charge in [-0.2, -0.15) is 5.10 Å². The molecule has 3 nitrogen and oxygen atoms in total. The Kier molecular flexibility index (Phi) is 2.71. The van der Waals surface area contributed by atoms with Crippen molar-refractivity contribution in [2.75, 3.05) is 0 Å². The Morgan fingerprint density at radius 3 is 2.50 bits per heavy atom. The van der Waals surface area contributed by atoms with Crippen molar-refractivity contribution in [1.29, 1.82) is 0 Å². The molecular formula is C15H18N2O. The van der Waals surface area contributed by atoms with Crippen LogP contribution < -0.4 is 0 Å². The van der Waals surface area contributed by atoms with E-state index in [9.17, 15) is 5.11 Å². The lowest BCUT2D eigenvalue weighted by molar-refractivity contribution is 0.0518. The third-order valence-corrected chi connectivity index (χ3v) is 3.70. The second-order valence-electron chi connectivity index (χ2n) is 5.23. The standard InChI is InChI=1S/C15H18N2O/c1-2-17-11-12(10-16-17)7-15(18)8-13-5-3-4-6-14(13)9-15/h3-6,10-11,18H,2,7-9H2,1H3. The van der Waals surface area contributed by atoms with Crippen molar-refractivity contribution in [2.45, 2.75) is 38.3 Å². The van der Waals surface area contributed by atoms with Crippen LogP contribution in [-0.2, 0) is 25.8 Å². The lowest BCUT2D eigenvalue weighted by atomic mass is 9.93. The molecule has 94 valence electrons. The van der Waals surface area contributed by atoms with Crippen LogP contribution in [0.3, 0.4) is 0 Å². The number of fused-ring (bicyclic) bond motifs is 1. The van der Waals surface area contributed by atoms with E-state index in [-0.39, 0.29) is 0 Å². The Bertz CT molecular complexity index is 534. The highest BCUT2D eigenvalue weighted by atomic mass is 16.3. The molecule has 0 fully saturated rings. The summed E-state index contributed by atoms with van der Waals surface area (Å²) >= 11 is 0. The quantitative estimate of drug-likeness (QED) is 0.893. The molecule has 3 heteroatoms. The van der Waals surface area contributed by atoms with Crippen LogP contribution in [0.15, 0.2) is 36.7 Å². The Morgan fingerprint density at radius 1 is 1.28 bits per heavy atom. The summed E-state index contributed by atoms with van der Waals surface area (Å²) in [4.78, 5) is 0. The minimum absolute atomic E-state index is 0.634. The van der Waals surface area contributed by atoms with Gasteiger partial charge in [0.2, 0.25) is 0 Å². The third kappa shape index (κ3) is 2.06. The van der Waals surface area contributed by atoms with E-state index in [4.69, 9.17) is 0 Å². The average Bonchev–Trinajstić information content (AvgIpc) is 2.91. The van der Waals surface area contributed by atoms with Gasteiger partial charge in [0.05, 0.1) is 11.8 Å². The molecule has 1 aliphatic carbocycles. The molecule has 0 saturated heterocycles. The molecule has 0 saturated carbocycles. The SMILES string of the molecule is CCn1cc(CC2(O)Cc3ccccc3C2)cn1. The zero-order chi connectivity index (χ0) is 12.6. The van der Waals surface area contributed by atoms with Gasteiger partial charge in [-0.1, -0.05) is 24.3 Å². The van der Waals surface area contributed by atoms with Crippen LogP contribution in [0.25, 0.3) is 0 Å². The van der Waals surface area contributed by atoms with E-state index in [1.54, 1.807) is 0 Å². The number of aliphatic hydroxyl groups is 1. The van der Waals surface area contributed by atoms with Gasteiger partial charge in [-0.05, 0) is 23.6 Å². The number of nitrogens with zero attached hydrogens (tertiary/aromatic N) is 2. The molecule has 2 aromatic rings. The second kappa shape index (κ2) is 4.25. The number of hydrogen-bond acceptors (Lipinski definition) is 2. The normalized spacial score (nSPS) is 16.8. The Hall–Kier alpha value is -1.61.